The third-order valence-electron chi connectivity index (χ3n) is 5.41. The van der Waals surface area contributed by atoms with E-state index < -0.39 is 42.9 Å². The Balaban J connectivity index is 2.16. The van der Waals surface area contributed by atoms with Gasteiger partial charge in [-0.2, -0.15) is 13.5 Å². The van der Waals surface area contributed by atoms with Gasteiger partial charge in [-0.25, -0.2) is 8.42 Å². The highest BCUT2D eigenvalue weighted by molar-refractivity contribution is 7.91. The maximum Gasteiger partial charge on any atom is 0.296 e. The fourth-order valence-electron chi connectivity index (χ4n) is 3.41. The van der Waals surface area contributed by atoms with E-state index in [2.05, 4.69) is 20.5 Å². The number of nitrogen functional groups attached to an aromatic ring is 2. The average molecular weight is 563 g/mol. The number of hydrogen-bond acceptors (Lipinski definition) is 12. The summed E-state index contributed by atoms with van der Waals surface area (Å²) in [7, 11) is -7.30. The zero-order valence-corrected chi connectivity index (χ0v) is 22.3. The molecule has 38 heavy (non-hydrogen) atoms. The van der Waals surface area contributed by atoms with Gasteiger partial charge in [0.1, 0.15) is 27.7 Å². The predicted octanol–water partition coefficient (Wildman–Crippen LogP) is 4.32. The van der Waals surface area contributed by atoms with Crippen molar-refractivity contribution in [1.82, 2.24) is 0 Å². The van der Waals surface area contributed by atoms with Gasteiger partial charge < -0.3 is 21.3 Å². The summed E-state index contributed by atoms with van der Waals surface area (Å²) in [4.78, 5) is -0.755. The quantitative estimate of drug-likeness (QED) is 0.165. The summed E-state index contributed by atoms with van der Waals surface area (Å²) in [6.07, 6.45) is 0. The van der Waals surface area contributed by atoms with Crippen molar-refractivity contribution in [3.05, 3.63) is 53.6 Å². The summed E-state index contributed by atoms with van der Waals surface area (Å²) in [5.74, 6) is -0.433. The third kappa shape index (κ3) is 6.13. The molecule has 15 heteroatoms. The van der Waals surface area contributed by atoms with Crippen molar-refractivity contribution in [2.45, 2.75) is 23.6 Å². The van der Waals surface area contributed by atoms with Crippen LogP contribution in [0.1, 0.15) is 11.1 Å². The molecule has 3 aromatic rings. The molecule has 0 aliphatic rings. The van der Waals surface area contributed by atoms with Gasteiger partial charge in [0, 0.05) is 6.07 Å². The first-order chi connectivity index (χ1) is 17.8. The monoisotopic (exact) mass is 562 g/mol. The number of azo groups is 2. The number of rotatable bonds is 9. The van der Waals surface area contributed by atoms with Crippen LogP contribution in [0.5, 0.6) is 5.75 Å². The molecule has 0 aliphatic heterocycles. The molecule has 0 amide bonds. The summed E-state index contributed by atoms with van der Waals surface area (Å²) in [5, 5.41) is 25.2. The van der Waals surface area contributed by atoms with Crippen LogP contribution in [-0.4, -0.2) is 46.0 Å². The lowest BCUT2D eigenvalue weighted by Crippen LogP contribution is -2.11. The lowest BCUT2D eigenvalue weighted by molar-refractivity contribution is 0.319. The molecule has 0 aliphatic carbocycles. The minimum absolute atomic E-state index is 0.0411. The van der Waals surface area contributed by atoms with E-state index in [0.29, 0.717) is 11.3 Å². The van der Waals surface area contributed by atoms with E-state index in [1.165, 1.54) is 26.2 Å². The molecule has 0 heterocycles. The maximum absolute atomic E-state index is 12.4. The molecular formula is C23H26N6O7S2. The summed E-state index contributed by atoms with van der Waals surface area (Å²) in [6.45, 7) is 2.77. The number of ether oxygens (including phenoxy) is 1. The van der Waals surface area contributed by atoms with Gasteiger partial charge in [0.2, 0.25) is 0 Å². The minimum Gasteiger partial charge on any atom is -0.494 e. The maximum atomic E-state index is 12.4. The summed E-state index contributed by atoms with van der Waals surface area (Å²) >= 11 is 0. The second kappa shape index (κ2) is 11.2. The summed E-state index contributed by atoms with van der Waals surface area (Å²) in [5.41, 5.74) is 12.7. The molecule has 0 saturated carbocycles. The van der Waals surface area contributed by atoms with Gasteiger partial charge in [0.15, 0.2) is 9.84 Å². The topological polar surface area (TPSA) is 219 Å². The molecule has 3 aromatic carbocycles. The second-order valence-electron chi connectivity index (χ2n) is 8.06. The zero-order chi connectivity index (χ0) is 28.3. The second-order valence-corrected chi connectivity index (χ2v) is 11.5. The van der Waals surface area contributed by atoms with Crippen molar-refractivity contribution >= 4 is 54.1 Å². The van der Waals surface area contributed by atoms with Crippen molar-refractivity contribution in [2.75, 3.05) is 30.9 Å². The SMILES string of the molecule is COc1cc(S(=O)(=O)CCO)c(C)cc1N=Nc1cc(S(=O)(=O)O)c(N)c(N=Nc2ccccc2C)c1N. The van der Waals surface area contributed by atoms with Crippen molar-refractivity contribution in [1.29, 1.82) is 0 Å². The highest BCUT2D eigenvalue weighted by Crippen LogP contribution is 2.44. The van der Waals surface area contributed by atoms with Gasteiger partial charge in [-0.05, 0) is 43.2 Å². The van der Waals surface area contributed by atoms with Crippen molar-refractivity contribution in [2.24, 2.45) is 20.5 Å². The molecule has 0 bridgehead atoms. The normalized spacial score (nSPS) is 12.4. The standard InChI is InChI=1S/C23H26N6O7S2/c1-13-6-4-5-7-15(13)26-29-23-21(24)17(11-20(22(23)25)38(33,34)35)28-27-16-10-14(2)19(12-18(16)36-3)37(31,32)9-8-30/h4-7,10-12,30H,8-9,24-25H2,1-3H3,(H,33,34,35). The number of aliphatic hydroxyl groups is 1. The van der Waals surface area contributed by atoms with Crippen LogP contribution in [0.3, 0.4) is 0 Å². The van der Waals surface area contributed by atoms with E-state index in [-0.39, 0.29) is 33.4 Å². The lowest BCUT2D eigenvalue weighted by Gasteiger charge is -2.12. The van der Waals surface area contributed by atoms with Crippen LogP contribution in [0.15, 0.2) is 72.7 Å². The number of benzene rings is 3. The molecule has 0 saturated heterocycles. The minimum atomic E-state index is -4.81. The number of aliphatic hydroxyl groups excluding tert-OH is 1. The Labute approximate surface area is 219 Å². The van der Waals surface area contributed by atoms with Gasteiger partial charge >= 0.3 is 0 Å². The van der Waals surface area contributed by atoms with E-state index in [1.807, 2.05) is 0 Å². The highest BCUT2D eigenvalue weighted by Gasteiger charge is 2.23. The predicted molar refractivity (Wildman–Crippen MR) is 141 cm³/mol. The van der Waals surface area contributed by atoms with Crippen molar-refractivity contribution in [3.63, 3.8) is 0 Å². The molecule has 0 unspecified atom stereocenters. The number of nitrogens with zero attached hydrogens (tertiary/aromatic N) is 4. The highest BCUT2D eigenvalue weighted by atomic mass is 32.2. The Hall–Kier alpha value is -3.92. The molecule has 13 nitrogen and oxygen atoms in total. The van der Waals surface area contributed by atoms with Gasteiger partial charge in [0.25, 0.3) is 10.1 Å². The molecular weight excluding hydrogens is 536 g/mol. The number of nitrogens with two attached hydrogens (primary N) is 2. The van der Waals surface area contributed by atoms with Crippen LogP contribution < -0.4 is 16.2 Å². The molecule has 6 N–H and O–H groups in total. The van der Waals surface area contributed by atoms with E-state index >= 15 is 0 Å². The molecule has 0 aromatic heterocycles. The molecule has 202 valence electrons. The Bertz CT molecular complexity index is 1650. The first-order valence-electron chi connectivity index (χ1n) is 10.9. The van der Waals surface area contributed by atoms with E-state index in [9.17, 15) is 21.4 Å². The molecule has 0 fully saturated rings. The zero-order valence-electron chi connectivity index (χ0n) is 20.7. The summed E-state index contributed by atoms with van der Waals surface area (Å²) in [6, 6.07) is 10.6. The Kier molecular flexibility index (Phi) is 8.46. The Morgan fingerprint density at radius 1 is 0.816 bits per heavy atom. The van der Waals surface area contributed by atoms with Crippen LogP contribution >= 0.6 is 0 Å². The average Bonchev–Trinajstić information content (AvgIpc) is 2.83. The number of anilines is 2. The van der Waals surface area contributed by atoms with E-state index in [0.717, 1.165) is 11.6 Å². The summed E-state index contributed by atoms with van der Waals surface area (Å²) < 4.78 is 63.8. The van der Waals surface area contributed by atoms with E-state index in [4.69, 9.17) is 21.3 Å². The number of sulfone groups is 1. The molecule has 0 spiro atoms. The first-order valence-corrected chi connectivity index (χ1v) is 14.0. The fourth-order valence-corrected chi connectivity index (χ4v) is 5.35. The number of hydrogen-bond donors (Lipinski definition) is 4. The van der Waals surface area contributed by atoms with Crippen molar-refractivity contribution < 1.29 is 31.2 Å². The number of aryl methyl sites for hydroxylation is 2. The van der Waals surface area contributed by atoms with Crippen LogP contribution in [0, 0.1) is 13.8 Å². The van der Waals surface area contributed by atoms with Crippen LogP contribution in [-0.2, 0) is 20.0 Å². The third-order valence-corrected chi connectivity index (χ3v) is 8.13. The molecule has 0 atom stereocenters. The largest absolute Gasteiger partial charge is 0.494 e. The Morgan fingerprint density at radius 2 is 1.45 bits per heavy atom. The van der Waals surface area contributed by atoms with Gasteiger partial charge in [0.05, 0.1) is 41.4 Å². The molecule has 3 rings (SSSR count). The van der Waals surface area contributed by atoms with Gasteiger partial charge in [-0.15, -0.1) is 15.3 Å². The van der Waals surface area contributed by atoms with Gasteiger partial charge in [-0.1, -0.05) is 18.2 Å². The number of methoxy groups -OCH3 is 1. The Morgan fingerprint density at radius 3 is 2.05 bits per heavy atom. The van der Waals surface area contributed by atoms with E-state index in [1.54, 1.807) is 31.2 Å². The first kappa shape index (κ1) is 28.6. The van der Waals surface area contributed by atoms with Crippen LogP contribution in [0.25, 0.3) is 0 Å². The van der Waals surface area contributed by atoms with Crippen LogP contribution in [0.2, 0.25) is 0 Å². The molecule has 0 radical (unpaired) electrons. The van der Waals surface area contributed by atoms with Crippen LogP contribution in [0.4, 0.5) is 34.1 Å². The lowest BCUT2D eigenvalue weighted by atomic mass is 10.2. The van der Waals surface area contributed by atoms with Gasteiger partial charge in [-0.3, -0.25) is 4.55 Å². The fraction of sp³-hybridized carbons (Fsp3) is 0.217. The van der Waals surface area contributed by atoms with Crippen molar-refractivity contribution in [3.8, 4) is 5.75 Å². The smallest absolute Gasteiger partial charge is 0.296 e.